The van der Waals surface area contributed by atoms with Crippen LogP contribution in [0, 0.1) is 12.1 Å². The third kappa shape index (κ3) is 3.26. The Morgan fingerprint density at radius 3 is 2.82 bits per heavy atom. The number of hydrogen-bond acceptors (Lipinski definition) is 1. The van der Waals surface area contributed by atoms with Gasteiger partial charge in [0.2, 0.25) is 0 Å². The quantitative estimate of drug-likeness (QED) is 0.660. The number of pyridine rings is 1. The average molecular weight is 220 g/mol. The van der Waals surface area contributed by atoms with Crippen molar-refractivity contribution >= 4 is 5.57 Å². The first kappa shape index (κ1) is 11.0. The first-order valence-electron chi connectivity index (χ1n) is 3.19. The van der Waals surface area contributed by atoms with Crippen molar-refractivity contribution in [3.05, 3.63) is 36.2 Å². The van der Waals surface area contributed by atoms with Gasteiger partial charge in [-0.3, -0.25) is 6.07 Å². The summed E-state index contributed by atoms with van der Waals surface area (Å²) < 4.78 is 0. The van der Waals surface area contributed by atoms with Crippen LogP contribution in [-0.4, -0.2) is 4.98 Å². The Morgan fingerprint density at radius 2 is 2.36 bits per heavy atom. The van der Waals surface area contributed by atoms with Crippen LogP contribution in [0.3, 0.4) is 0 Å². The van der Waals surface area contributed by atoms with E-state index in [0.717, 1.165) is 11.3 Å². The molecule has 1 nitrogen and oxygen atoms in total. The summed E-state index contributed by atoms with van der Waals surface area (Å²) >= 11 is 0. The predicted molar refractivity (Wildman–Crippen MR) is 41.1 cm³/mol. The van der Waals surface area contributed by atoms with Gasteiger partial charge in [-0.2, -0.15) is 6.07 Å². The summed E-state index contributed by atoms with van der Waals surface area (Å²) in [6.45, 7) is 3.84. The number of hydrogen-bond donors (Lipinski definition) is 0. The fourth-order valence-corrected chi connectivity index (χ4v) is 0.648. The van der Waals surface area contributed by atoms with E-state index in [-0.39, 0.29) is 32.7 Å². The number of rotatable bonds is 1. The Bertz CT molecular complexity index is 229. The molecule has 1 rings (SSSR count). The predicted octanol–water partition coefficient (Wildman–Crippen LogP) is 2.11. The summed E-state index contributed by atoms with van der Waals surface area (Å²) in [6.07, 6.45) is 4.76. The van der Waals surface area contributed by atoms with E-state index in [1.165, 1.54) is 0 Å². The molecule has 0 aliphatic rings. The minimum Gasteiger partial charge on any atom is -0.390 e. The molecule has 0 spiro atoms. The van der Waals surface area contributed by atoms with E-state index in [1.54, 1.807) is 6.20 Å². The molecule has 1 aromatic heterocycles. The monoisotopic (exact) mass is 220 g/mol. The van der Waals surface area contributed by atoms with Gasteiger partial charge in [0.15, 0.2) is 0 Å². The van der Waals surface area contributed by atoms with Gasteiger partial charge in [-0.25, -0.2) is 5.69 Å². The van der Waals surface area contributed by atoms with E-state index in [2.05, 4.69) is 17.1 Å². The summed E-state index contributed by atoms with van der Waals surface area (Å²) in [4.78, 5) is 4.09. The van der Waals surface area contributed by atoms with Crippen molar-refractivity contribution in [1.82, 2.24) is 4.98 Å². The van der Waals surface area contributed by atoms with Gasteiger partial charge in [0.25, 0.3) is 0 Å². The van der Waals surface area contributed by atoms with E-state index in [0.29, 0.717) is 0 Å². The van der Waals surface area contributed by atoms with Crippen LogP contribution in [-0.2, 0) is 32.7 Å². The third-order valence-corrected chi connectivity index (χ3v) is 1.34. The molecule has 1 aromatic rings. The zero-order chi connectivity index (χ0) is 7.40. The van der Waals surface area contributed by atoms with Crippen molar-refractivity contribution in [2.45, 2.75) is 13.8 Å². The third-order valence-electron chi connectivity index (χ3n) is 1.34. The van der Waals surface area contributed by atoms with Gasteiger partial charge in [0.1, 0.15) is 0 Å². The molecule has 0 bridgehead atoms. The molecule has 0 N–H and O–H groups in total. The fourth-order valence-electron chi connectivity index (χ4n) is 0.648. The van der Waals surface area contributed by atoms with Gasteiger partial charge in [-0.05, 0) is 0 Å². The molecule has 0 saturated heterocycles. The van der Waals surface area contributed by atoms with Gasteiger partial charge in [0, 0.05) is 32.7 Å². The van der Waals surface area contributed by atoms with E-state index in [4.69, 9.17) is 0 Å². The molecule has 0 atom stereocenters. The molecule has 11 heavy (non-hydrogen) atoms. The van der Waals surface area contributed by atoms with Crippen LogP contribution in [0.1, 0.15) is 19.5 Å². The molecule has 1 radical (unpaired) electrons. The van der Waals surface area contributed by atoms with E-state index < -0.39 is 0 Å². The summed E-state index contributed by atoms with van der Waals surface area (Å²) in [7, 11) is 0. The van der Waals surface area contributed by atoms with Crippen molar-refractivity contribution in [2.75, 3.05) is 0 Å². The Kier molecular flexibility index (Phi) is 5.62. The van der Waals surface area contributed by atoms with Crippen molar-refractivity contribution < 1.29 is 32.7 Å². The SMILES string of the molecule is C[C-]=C(C)c1[c-]cccn1.[Y]. The number of nitrogens with zero attached hydrogens (tertiary/aromatic N) is 1. The van der Waals surface area contributed by atoms with Gasteiger partial charge in [-0.1, -0.05) is 6.20 Å². The van der Waals surface area contributed by atoms with Crippen LogP contribution in [0.4, 0.5) is 0 Å². The van der Waals surface area contributed by atoms with Gasteiger partial charge in [0.05, 0.1) is 0 Å². The van der Waals surface area contributed by atoms with Crippen molar-refractivity contribution in [3.8, 4) is 0 Å². The second-order valence-electron chi connectivity index (χ2n) is 2.01. The average Bonchev–Trinajstić information content (AvgIpc) is 2.05. The molecule has 0 fully saturated rings. The van der Waals surface area contributed by atoms with E-state index in [9.17, 15) is 0 Å². The zero-order valence-corrected chi connectivity index (χ0v) is 9.59. The first-order chi connectivity index (χ1) is 4.84. The van der Waals surface area contributed by atoms with E-state index in [1.807, 2.05) is 26.0 Å². The van der Waals surface area contributed by atoms with Crippen LogP contribution in [0.2, 0.25) is 0 Å². The van der Waals surface area contributed by atoms with Crippen LogP contribution >= 0.6 is 0 Å². The molecule has 55 valence electrons. The zero-order valence-electron chi connectivity index (χ0n) is 6.76. The number of allylic oxidation sites excluding steroid dienone is 2. The van der Waals surface area contributed by atoms with Gasteiger partial charge < -0.3 is 16.6 Å². The maximum atomic E-state index is 4.09. The Hall–Kier alpha value is -0.00610. The largest absolute Gasteiger partial charge is 0.390 e. The van der Waals surface area contributed by atoms with Gasteiger partial charge in [-0.15, -0.1) is 19.9 Å². The minimum absolute atomic E-state index is 0. The molecular formula is C9H9NY-2. The Labute approximate surface area is 92.8 Å². The molecule has 0 aliphatic heterocycles. The van der Waals surface area contributed by atoms with Gasteiger partial charge >= 0.3 is 0 Å². The first-order valence-corrected chi connectivity index (χ1v) is 3.19. The molecule has 1 heterocycles. The fraction of sp³-hybridized carbons (Fsp3) is 0.222. The summed E-state index contributed by atoms with van der Waals surface area (Å²) in [5.74, 6) is 0. The van der Waals surface area contributed by atoms with Crippen molar-refractivity contribution in [1.29, 1.82) is 0 Å². The molecular weight excluding hydrogens is 211 g/mol. The molecule has 0 saturated carbocycles. The van der Waals surface area contributed by atoms with Crippen molar-refractivity contribution in [2.24, 2.45) is 0 Å². The standard InChI is InChI=1S/C9H9N.Y/c1-3-8(2)9-6-4-5-7-10-9;/h4-5,7H,1-2H3;/q-2;. The van der Waals surface area contributed by atoms with Crippen LogP contribution in [0.15, 0.2) is 18.3 Å². The molecule has 0 aliphatic carbocycles. The normalized spacial score (nSPS) is 10.5. The van der Waals surface area contributed by atoms with Crippen LogP contribution < -0.4 is 0 Å². The Morgan fingerprint density at radius 1 is 1.64 bits per heavy atom. The maximum Gasteiger partial charge on any atom is 0 e. The second-order valence-corrected chi connectivity index (χ2v) is 2.01. The topological polar surface area (TPSA) is 12.9 Å². The number of aromatic nitrogens is 1. The van der Waals surface area contributed by atoms with Crippen LogP contribution in [0.5, 0.6) is 0 Å². The summed E-state index contributed by atoms with van der Waals surface area (Å²) in [6, 6.07) is 6.71. The molecule has 0 aromatic carbocycles. The smallest absolute Gasteiger partial charge is 0 e. The molecule has 2 heteroatoms. The second kappa shape index (κ2) is 5.62. The maximum absolute atomic E-state index is 4.09. The van der Waals surface area contributed by atoms with E-state index >= 15 is 0 Å². The molecule has 0 amide bonds. The van der Waals surface area contributed by atoms with Crippen LogP contribution in [0.25, 0.3) is 5.57 Å². The Balaban J connectivity index is 0.000001000. The molecule has 0 unspecified atom stereocenters. The van der Waals surface area contributed by atoms with Crippen molar-refractivity contribution in [3.63, 3.8) is 0 Å². The summed E-state index contributed by atoms with van der Waals surface area (Å²) in [5.41, 5.74) is 1.92. The summed E-state index contributed by atoms with van der Waals surface area (Å²) in [5, 5.41) is 0. The minimum atomic E-state index is 0.